The monoisotopic (exact) mass is 406 g/mol. The zero-order valence-corrected chi connectivity index (χ0v) is 16.6. The van der Waals surface area contributed by atoms with Crippen molar-refractivity contribution in [2.45, 2.75) is 24.4 Å². The molecular weight excluding hydrogens is 381 g/mol. The Labute approximate surface area is 165 Å². The van der Waals surface area contributed by atoms with Gasteiger partial charge in [0.15, 0.2) is 6.04 Å². The zero-order valence-electron chi connectivity index (χ0n) is 15.8. The maximum atomic E-state index is 13.1. The van der Waals surface area contributed by atoms with Crippen molar-refractivity contribution in [2.24, 2.45) is 0 Å². The van der Waals surface area contributed by atoms with Crippen LogP contribution in [0.15, 0.2) is 59.5 Å². The minimum Gasteiger partial charge on any atom is -0.347 e. The largest absolute Gasteiger partial charge is 0.347 e. The van der Waals surface area contributed by atoms with E-state index in [1.807, 2.05) is 37.3 Å². The minimum absolute atomic E-state index is 0.0475. The van der Waals surface area contributed by atoms with Crippen LogP contribution in [0, 0.1) is 5.82 Å². The van der Waals surface area contributed by atoms with Crippen molar-refractivity contribution in [1.29, 1.82) is 0 Å². The Kier molecular flexibility index (Phi) is 6.43. The van der Waals surface area contributed by atoms with Crippen molar-refractivity contribution in [3.63, 3.8) is 0 Å². The second-order valence-electron chi connectivity index (χ2n) is 6.94. The number of hydrogen-bond acceptors (Lipinski definition) is 3. The van der Waals surface area contributed by atoms with E-state index in [0.29, 0.717) is 32.7 Å². The van der Waals surface area contributed by atoms with Gasteiger partial charge < -0.3 is 10.2 Å². The van der Waals surface area contributed by atoms with E-state index in [1.54, 1.807) is 0 Å². The van der Waals surface area contributed by atoms with Crippen LogP contribution in [0.3, 0.4) is 0 Å². The van der Waals surface area contributed by atoms with Gasteiger partial charge in [-0.1, -0.05) is 30.3 Å². The average molecular weight is 407 g/mol. The first-order valence-corrected chi connectivity index (χ1v) is 10.7. The van der Waals surface area contributed by atoms with Gasteiger partial charge in [-0.15, -0.1) is 0 Å². The molecule has 0 aliphatic carbocycles. The molecule has 1 amide bonds. The number of quaternary nitrogens is 1. The van der Waals surface area contributed by atoms with Crippen LogP contribution in [0.4, 0.5) is 4.39 Å². The van der Waals surface area contributed by atoms with Gasteiger partial charge in [-0.05, 0) is 36.8 Å². The lowest BCUT2D eigenvalue weighted by atomic mass is 10.2. The van der Waals surface area contributed by atoms with Crippen molar-refractivity contribution >= 4 is 15.9 Å². The van der Waals surface area contributed by atoms with Crippen LogP contribution in [0.2, 0.25) is 0 Å². The summed E-state index contributed by atoms with van der Waals surface area (Å²) in [5.41, 5.74) is 1.04. The molecule has 1 aliphatic rings. The lowest BCUT2D eigenvalue weighted by Gasteiger charge is -2.34. The first kappa shape index (κ1) is 20.4. The van der Waals surface area contributed by atoms with Crippen molar-refractivity contribution in [3.05, 3.63) is 66.0 Å². The molecular formula is C20H25FN3O3S+. The summed E-state index contributed by atoms with van der Waals surface area (Å²) < 4.78 is 39.8. The van der Waals surface area contributed by atoms with E-state index < -0.39 is 15.8 Å². The molecule has 28 heavy (non-hydrogen) atoms. The molecule has 0 aromatic heterocycles. The van der Waals surface area contributed by atoms with Crippen molar-refractivity contribution < 1.29 is 22.5 Å². The third-order valence-corrected chi connectivity index (χ3v) is 7.04. The average Bonchev–Trinajstić information content (AvgIpc) is 2.72. The highest BCUT2D eigenvalue weighted by molar-refractivity contribution is 7.89. The number of amides is 1. The number of hydrogen-bond donors (Lipinski definition) is 2. The van der Waals surface area contributed by atoms with Gasteiger partial charge in [-0.2, -0.15) is 4.31 Å². The third-order valence-electron chi connectivity index (χ3n) is 5.13. The summed E-state index contributed by atoms with van der Waals surface area (Å²) in [7, 11) is -3.64. The molecule has 6 nitrogen and oxygen atoms in total. The topological polar surface area (TPSA) is 70.9 Å². The van der Waals surface area contributed by atoms with E-state index >= 15 is 0 Å². The van der Waals surface area contributed by atoms with Crippen LogP contribution in [0.25, 0.3) is 0 Å². The summed E-state index contributed by atoms with van der Waals surface area (Å²) in [6, 6.07) is 14.3. The van der Waals surface area contributed by atoms with Crippen LogP contribution in [0.1, 0.15) is 12.5 Å². The van der Waals surface area contributed by atoms with Crippen molar-refractivity contribution in [2.75, 3.05) is 26.2 Å². The maximum Gasteiger partial charge on any atom is 0.278 e. The first-order valence-electron chi connectivity index (χ1n) is 9.30. The minimum atomic E-state index is -3.64. The third kappa shape index (κ3) is 4.76. The lowest BCUT2D eigenvalue weighted by Crippen LogP contribution is -3.19. The molecule has 0 saturated carbocycles. The highest BCUT2D eigenvalue weighted by Gasteiger charge is 2.34. The van der Waals surface area contributed by atoms with Crippen LogP contribution >= 0.6 is 0 Å². The van der Waals surface area contributed by atoms with E-state index in [1.165, 1.54) is 16.4 Å². The summed E-state index contributed by atoms with van der Waals surface area (Å²) in [5, 5.41) is 2.94. The summed E-state index contributed by atoms with van der Waals surface area (Å²) in [6.07, 6.45) is 0. The Balaban J connectivity index is 1.54. The second kappa shape index (κ2) is 8.81. The predicted molar refractivity (Wildman–Crippen MR) is 104 cm³/mol. The standard InChI is InChI=1S/C20H24FN3O3S/c1-16(20(25)22-15-17-5-3-2-4-6-17)23-11-13-24(14-12-23)28(26,27)19-9-7-18(21)8-10-19/h2-10,16H,11-15H2,1H3,(H,22,25)/p+1/t16-/m0/s1. The molecule has 2 aromatic carbocycles. The maximum absolute atomic E-state index is 13.1. The number of carbonyl (C=O) groups excluding carboxylic acids is 1. The molecule has 1 aliphatic heterocycles. The number of nitrogens with one attached hydrogen (secondary N) is 2. The molecule has 2 aromatic rings. The van der Waals surface area contributed by atoms with Crippen LogP contribution in [0.5, 0.6) is 0 Å². The lowest BCUT2D eigenvalue weighted by molar-refractivity contribution is -0.917. The van der Waals surface area contributed by atoms with Crippen LogP contribution in [-0.4, -0.2) is 50.9 Å². The number of halogens is 1. The smallest absolute Gasteiger partial charge is 0.278 e. The van der Waals surface area contributed by atoms with Gasteiger partial charge in [0, 0.05) is 6.54 Å². The van der Waals surface area contributed by atoms with E-state index in [0.717, 1.165) is 22.6 Å². The molecule has 1 saturated heterocycles. The van der Waals surface area contributed by atoms with Gasteiger partial charge in [0.05, 0.1) is 31.1 Å². The molecule has 1 atom stereocenters. The Morgan fingerprint density at radius 2 is 1.71 bits per heavy atom. The quantitative estimate of drug-likeness (QED) is 0.731. The van der Waals surface area contributed by atoms with Crippen molar-refractivity contribution in [1.82, 2.24) is 9.62 Å². The van der Waals surface area contributed by atoms with Gasteiger partial charge in [0.2, 0.25) is 10.0 Å². The van der Waals surface area contributed by atoms with Gasteiger partial charge in [0.25, 0.3) is 5.91 Å². The molecule has 1 fully saturated rings. The molecule has 8 heteroatoms. The summed E-state index contributed by atoms with van der Waals surface area (Å²) in [4.78, 5) is 13.6. The number of carbonyl (C=O) groups is 1. The molecule has 0 unspecified atom stereocenters. The normalized spacial score (nSPS) is 17.2. The first-order chi connectivity index (χ1) is 13.4. The SMILES string of the molecule is C[C@@H](C(=O)NCc1ccccc1)[NH+]1CCN(S(=O)(=O)c2ccc(F)cc2)CC1. The summed E-state index contributed by atoms with van der Waals surface area (Å²) in [6.45, 7) is 4.07. The van der Waals surface area contributed by atoms with Crippen molar-refractivity contribution in [3.8, 4) is 0 Å². The van der Waals surface area contributed by atoms with Gasteiger partial charge in [-0.25, -0.2) is 12.8 Å². The number of rotatable bonds is 6. The van der Waals surface area contributed by atoms with E-state index in [9.17, 15) is 17.6 Å². The fourth-order valence-electron chi connectivity index (χ4n) is 3.33. The van der Waals surface area contributed by atoms with Gasteiger partial charge >= 0.3 is 0 Å². The molecule has 150 valence electrons. The van der Waals surface area contributed by atoms with E-state index in [2.05, 4.69) is 5.32 Å². The molecule has 0 spiro atoms. The van der Waals surface area contributed by atoms with Gasteiger partial charge in [0.1, 0.15) is 5.82 Å². The summed E-state index contributed by atoms with van der Waals surface area (Å²) >= 11 is 0. The van der Waals surface area contributed by atoms with Gasteiger partial charge in [-0.3, -0.25) is 4.79 Å². The Bertz CT molecular complexity index is 896. The fourth-order valence-corrected chi connectivity index (χ4v) is 4.77. The number of benzene rings is 2. The second-order valence-corrected chi connectivity index (χ2v) is 8.88. The van der Waals surface area contributed by atoms with Crippen LogP contribution in [-0.2, 0) is 21.4 Å². The fraction of sp³-hybridized carbons (Fsp3) is 0.350. The Morgan fingerprint density at radius 3 is 2.32 bits per heavy atom. The molecule has 0 radical (unpaired) electrons. The Hall–Kier alpha value is -2.29. The summed E-state index contributed by atoms with van der Waals surface area (Å²) in [5.74, 6) is -0.516. The highest BCUT2D eigenvalue weighted by Crippen LogP contribution is 2.16. The predicted octanol–water partition coefficient (Wildman–Crippen LogP) is 0.420. The number of sulfonamides is 1. The van der Waals surface area contributed by atoms with E-state index in [-0.39, 0.29) is 16.8 Å². The van der Waals surface area contributed by atoms with E-state index in [4.69, 9.17) is 0 Å². The number of nitrogens with zero attached hydrogens (tertiary/aromatic N) is 1. The highest BCUT2D eigenvalue weighted by atomic mass is 32.2. The molecule has 0 bridgehead atoms. The molecule has 2 N–H and O–H groups in total. The number of piperazine rings is 1. The Morgan fingerprint density at radius 1 is 1.11 bits per heavy atom. The molecule has 1 heterocycles. The zero-order chi connectivity index (χ0) is 20.1. The van der Waals surface area contributed by atoms with Crippen LogP contribution < -0.4 is 10.2 Å². The molecule has 3 rings (SSSR count).